The first kappa shape index (κ1) is 22.4. The minimum Gasteiger partial charge on any atom is -0.460 e. The van der Waals surface area contributed by atoms with Crippen molar-refractivity contribution in [2.24, 2.45) is 5.92 Å². The van der Waals surface area contributed by atoms with E-state index in [-0.39, 0.29) is 24.4 Å². The fourth-order valence-corrected chi connectivity index (χ4v) is 5.40. The molecular weight excluding hydrogens is 442 g/mol. The summed E-state index contributed by atoms with van der Waals surface area (Å²) in [6, 6.07) is 25.5. The molecule has 1 fully saturated rings. The van der Waals surface area contributed by atoms with Gasteiger partial charge in [0.15, 0.2) is 0 Å². The molecule has 4 nitrogen and oxygen atoms in total. The normalized spacial score (nSPS) is 15.2. The molecule has 5 rings (SSSR count). The van der Waals surface area contributed by atoms with E-state index in [1.54, 1.807) is 17.5 Å². The van der Waals surface area contributed by atoms with Gasteiger partial charge in [0.1, 0.15) is 18.1 Å². The Labute approximate surface area is 204 Å². The van der Waals surface area contributed by atoms with Gasteiger partial charge in [0.2, 0.25) is 0 Å². The number of thiophene rings is 1. The molecule has 0 radical (unpaired) electrons. The van der Waals surface area contributed by atoms with Gasteiger partial charge < -0.3 is 9.47 Å². The summed E-state index contributed by atoms with van der Waals surface area (Å²) in [5.41, 5.74) is 2.05. The highest BCUT2D eigenvalue weighted by Gasteiger charge is 2.40. The highest BCUT2D eigenvalue weighted by atomic mass is 32.1. The van der Waals surface area contributed by atoms with Crippen molar-refractivity contribution in [2.45, 2.75) is 37.7 Å². The van der Waals surface area contributed by atoms with E-state index in [1.165, 1.54) is 6.42 Å². The van der Waals surface area contributed by atoms with Crippen molar-refractivity contribution in [3.8, 4) is 11.5 Å². The number of carbonyl (C=O) groups is 1. The Morgan fingerprint density at radius 3 is 2.38 bits per heavy atom. The topological polar surface area (TPSA) is 48.4 Å². The van der Waals surface area contributed by atoms with E-state index < -0.39 is 0 Å². The molecule has 2 heterocycles. The third-order valence-electron chi connectivity index (χ3n) is 6.47. The number of hydrogen-bond acceptors (Lipinski definition) is 5. The fraction of sp³-hybridized carbons (Fsp3) is 0.241. The maximum absolute atomic E-state index is 13.5. The van der Waals surface area contributed by atoms with Crippen LogP contribution in [0.4, 0.5) is 0 Å². The average Bonchev–Trinajstić information content (AvgIpc) is 3.38. The highest BCUT2D eigenvalue weighted by Crippen LogP contribution is 2.48. The van der Waals surface area contributed by atoms with Crippen LogP contribution in [0.15, 0.2) is 96.6 Å². The number of aromatic nitrogens is 1. The first-order chi connectivity index (χ1) is 16.8. The van der Waals surface area contributed by atoms with Crippen molar-refractivity contribution in [1.29, 1.82) is 0 Å². The standard InChI is InChI=1S/C29H27NO3S/c31-29(32-20-21-13-15-25(16-14-21)33-24-10-2-1-3-11-24)28(26-12-6-18-34-26)27(22-7-4-8-22)23-9-5-17-30-19-23/h1-3,5-6,9-19,22,27-28H,4,7-8,20H2. The average molecular weight is 470 g/mol. The Morgan fingerprint density at radius 1 is 0.941 bits per heavy atom. The van der Waals surface area contributed by atoms with Crippen LogP contribution in [-0.4, -0.2) is 11.0 Å². The minimum absolute atomic E-state index is 0.0789. The van der Waals surface area contributed by atoms with Crippen LogP contribution >= 0.6 is 11.3 Å². The number of benzene rings is 2. The van der Waals surface area contributed by atoms with Gasteiger partial charge in [-0.25, -0.2) is 0 Å². The van der Waals surface area contributed by atoms with Crippen molar-refractivity contribution in [2.75, 3.05) is 0 Å². The van der Waals surface area contributed by atoms with E-state index in [1.807, 2.05) is 84.4 Å². The lowest BCUT2D eigenvalue weighted by molar-refractivity contribution is -0.148. The van der Waals surface area contributed by atoms with Crippen molar-refractivity contribution in [3.63, 3.8) is 0 Å². The first-order valence-corrected chi connectivity index (χ1v) is 12.6. The van der Waals surface area contributed by atoms with Gasteiger partial charge in [-0.3, -0.25) is 9.78 Å². The van der Waals surface area contributed by atoms with Crippen LogP contribution < -0.4 is 4.74 Å². The maximum atomic E-state index is 13.5. The van der Waals surface area contributed by atoms with E-state index in [0.29, 0.717) is 5.92 Å². The number of esters is 1. The number of nitrogens with zero attached hydrogens (tertiary/aromatic N) is 1. The van der Waals surface area contributed by atoms with Gasteiger partial charge in [-0.05, 0) is 71.7 Å². The molecule has 0 bridgehead atoms. The Kier molecular flexibility index (Phi) is 7.01. The molecule has 2 aromatic heterocycles. The Bertz CT molecular complexity index is 1170. The largest absolute Gasteiger partial charge is 0.460 e. The van der Waals surface area contributed by atoms with Gasteiger partial charge in [0.05, 0.1) is 5.92 Å². The van der Waals surface area contributed by atoms with Gasteiger partial charge >= 0.3 is 5.97 Å². The van der Waals surface area contributed by atoms with E-state index in [2.05, 4.69) is 11.1 Å². The monoisotopic (exact) mass is 469 g/mol. The van der Waals surface area contributed by atoms with E-state index in [0.717, 1.165) is 40.3 Å². The third kappa shape index (κ3) is 5.20. The van der Waals surface area contributed by atoms with Crippen LogP contribution in [-0.2, 0) is 16.1 Å². The van der Waals surface area contributed by atoms with Crippen molar-refractivity contribution >= 4 is 17.3 Å². The van der Waals surface area contributed by atoms with Crippen molar-refractivity contribution in [3.05, 3.63) is 113 Å². The molecule has 1 aliphatic rings. The zero-order valence-corrected chi connectivity index (χ0v) is 19.7. The lowest BCUT2D eigenvalue weighted by Gasteiger charge is -2.37. The lowest BCUT2D eigenvalue weighted by atomic mass is 9.67. The van der Waals surface area contributed by atoms with Gasteiger partial charge in [-0.1, -0.05) is 48.9 Å². The number of para-hydroxylation sites is 1. The lowest BCUT2D eigenvalue weighted by Crippen LogP contribution is -2.30. The van der Waals surface area contributed by atoms with Gasteiger partial charge in [0, 0.05) is 23.2 Å². The Hall–Kier alpha value is -3.44. The summed E-state index contributed by atoms with van der Waals surface area (Å²) in [5.74, 6) is 1.59. The zero-order chi connectivity index (χ0) is 23.2. The second-order valence-corrected chi connectivity index (χ2v) is 9.64. The van der Waals surface area contributed by atoms with E-state index in [4.69, 9.17) is 9.47 Å². The quantitative estimate of drug-likeness (QED) is 0.241. The molecule has 2 unspecified atom stereocenters. The predicted octanol–water partition coefficient (Wildman–Crippen LogP) is 7.35. The highest BCUT2D eigenvalue weighted by molar-refractivity contribution is 7.10. The van der Waals surface area contributed by atoms with Crippen LogP contribution in [0.5, 0.6) is 11.5 Å². The smallest absolute Gasteiger partial charge is 0.315 e. The molecule has 4 aromatic rings. The first-order valence-electron chi connectivity index (χ1n) is 11.7. The van der Waals surface area contributed by atoms with E-state index in [9.17, 15) is 4.79 Å². The molecule has 0 aliphatic heterocycles. The van der Waals surface area contributed by atoms with Crippen molar-refractivity contribution < 1.29 is 14.3 Å². The summed E-state index contributed by atoms with van der Waals surface area (Å²) in [5, 5.41) is 2.03. The molecule has 0 amide bonds. The molecule has 2 atom stereocenters. The second kappa shape index (κ2) is 10.7. The number of pyridine rings is 1. The SMILES string of the molecule is O=C(OCc1ccc(Oc2ccccc2)cc1)C(c1cccs1)C(c1cccnc1)C1CCC1. The third-order valence-corrected chi connectivity index (χ3v) is 7.43. The molecule has 34 heavy (non-hydrogen) atoms. The van der Waals surface area contributed by atoms with E-state index >= 15 is 0 Å². The number of carbonyl (C=O) groups excluding carboxylic acids is 1. The predicted molar refractivity (Wildman–Crippen MR) is 134 cm³/mol. The van der Waals surface area contributed by atoms with Crippen LogP contribution in [0.1, 0.15) is 47.1 Å². The molecule has 0 spiro atoms. The summed E-state index contributed by atoms with van der Waals surface area (Å²) in [7, 11) is 0. The summed E-state index contributed by atoms with van der Waals surface area (Å²) in [6.45, 7) is 0.233. The van der Waals surface area contributed by atoms with Crippen LogP contribution in [0, 0.1) is 5.92 Å². The molecular formula is C29H27NO3S. The summed E-state index contributed by atoms with van der Waals surface area (Å²) >= 11 is 1.62. The Morgan fingerprint density at radius 2 is 1.74 bits per heavy atom. The summed E-state index contributed by atoms with van der Waals surface area (Å²) < 4.78 is 11.8. The number of ether oxygens (including phenoxy) is 2. The van der Waals surface area contributed by atoms with Crippen LogP contribution in [0.25, 0.3) is 0 Å². The molecule has 0 saturated heterocycles. The Balaban J connectivity index is 1.30. The van der Waals surface area contributed by atoms with Gasteiger partial charge in [-0.2, -0.15) is 0 Å². The number of rotatable bonds is 9. The van der Waals surface area contributed by atoms with Crippen LogP contribution in [0.2, 0.25) is 0 Å². The van der Waals surface area contributed by atoms with Gasteiger partial charge in [0.25, 0.3) is 0 Å². The molecule has 172 valence electrons. The molecule has 0 N–H and O–H groups in total. The molecule has 2 aromatic carbocycles. The molecule has 5 heteroatoms. The summed E-state index contributed by atoms with van der Waals surface area (Å²) in [4.78, 5) is 18.9. The van der Waals surface area contributed by atoms with Crippen LogP contribution in [0.3, 0.4) is 0 Å². The minimum atomic E-state index is -0.324. The number of hydrogen-bond donors (Lipinski definition) is 0. The second-order valence-electron chi connectivity index (χ2n) is 8.66. The van der Waals surface area contributed by atoms with Crippen molar-refractivity contribution in [1.82, 2.24) is 4.98 Å². The summed E-state index contributed by atoms with van der Waals surface area (Å²) in [6.07, 6.45) is 7.17. The molecule has 1 aliphatic carbocycles. The zero-order valence-electron chi connectivity index (χ0n) is 18.9. The fourth-order valence-electron chi connectivity index (χ4n) is 4.54. The van der Waals surface area contributed by atoms with Gasteiger partial charge in [-0.15, -0.1) is 11.3 Å². The molecule has 1 saturated carbocycles. The maximum Gasteiger partial charge on any atom is 0.315 e.